The number of alkyl halides is 1. The van der Waals surface area contributed by atoms with E-state index in [-0.39, 0.29) is 0 Å². The third kappa shape index (κ3) is 2.13. The maximum Gasteiger partial charge on any atom is 0.0794 e. The van der Waals surface area contributed by atoms with Gasteiger partial charge in [-0.15, -0.1) is 11.3 Å². The molecule has 1 aromatic heterocycles. The topological polar surface area (TPSA) is 12.9 Å². The largest absolute Gasteiger partial charge is 0.250 e. The van der Waals surface area contributed by atoms with Crippen LogP contribution < -0.4 is 0 Å². The van der Waals surface area contributed by atoms with Gasteiger partial charge in [0.25, 0.3) is 0 Å². The lowest BCUT2D eigenvalue weighted by molar-refractivity contribution is 0.343. The molecule has 1 heterocycles. The monoisotopic (exact) mass is 259 g/mol. The fraction of sp³-hybridized carbons (Fsp3) is 0.700. The molecule has 2 rings (SSSR count). The number of rotatable bonds is 3. The molecule has 13 heavy (non-hydrogen) atoms. The van der Waals surface area contributed by atoms with Gasteiger partial charge in [-0.1, -0.05) is 28.8 Å². The Morgan fingerprint density at radius 1 is 1.46 bits per heavy atom. The number of nitrogens with zero attached hydrogens (tertiary/aromatic N) is 1. The number of hydrogen-bond donors (Lipinski definition) is 0. The molecular formula is C10H14BrNS. The highest BCUT2D eigenvalue weighted by molar-refractivity contribution is 9.09. The van der Waals surface area contributed by atoms with E-state index >= 15 is 0 Å². The van der Waals surface area contributed by atoms with Gasteiger partial charge in [0, 0.05) is 10.7 Å². The second kappa shape index (κ2) is 4.09. The summed E-state index contributed by atoms with van der Waals surface area (Å²) in [6, 6.07) is 0. The van der Waals surface area contributed by atoms with Gasteiger partial charge >= 0.3 is 0 Å². The first-order valence-corrected chi connectivity index (χ1v) is 6.84. The second-order valence-electron chi connectivity index (χ2n) is 4.00. The average Bonchev–Trinajstić information content (AvgIpc) is 2.77. The summed E-state index contributed by atoms with van der Waals surface area (Å²) in [5, 5.41) is 3.32. The Morgan fingerprint density at radius 3 is 2.77 bits per heavy atom. The van der Waals surface area contributed by atoms with E-state index < -0.39 is 0 Å². The number of thiazole rings is 1. The zero-order chi connectivity index (χ0) is 9.15. The smallest absolute Gasteiger partial charge is 0.0794 e. The predicted molar refractivity (Wildman–Crippen MR) is 60.5 cm³/mol. The molecule has 0 N–H and O–H groups in total. The fourth-order valence-electron chi connectivity index (χ4n) is 2.19. The van der Waals surface area contributed by atoms with Crippen LogP contribution in [0.5, 0.6) is 0 Å². The van der Waals surface area contributed by atoms with Crippen molar-refractivity contribution in [2.45, 2.75) is 32.1 Å². The van der Waals surface area contributed by atoms with Crippen molar-refractivity contribution in [1.82, 2.24) is 4.98 Å². The summed E-state index contributed by atoms with van der Waals surface area (Å²) >= 11 is 5.36. The summed E-state index contributed by atoms with van der Waals surface area (Å²) in [7, 11) is 0. The molecule has 0 amide bonds. The molecule has 1 saturated carbocycles. The van der Waals surface area contributed by atoms with Gasteiger partial charge in [-0.3, -0.25) is 0 Å². The fourth-order valence-corrected chi connectivity index (χ4v) is 3.51. The first kappa shape index (κ1) is 9.66. The average molecular weight is 260 g/mol. The van der Waals surface area contributed by atoms with Crippen molar-refractivity contribution in [3.63, 3.8) is 0 Å². The molecule has 1 nitrogen and oxygen atoms in total. The Kier molecular flexibility index (Phi) is 3.04. The van der Waals surface area contributed by atoms with Crippen LogP contribution in [0.1, 0.15) is 31.4 Å². The lowest BCUT2D eigenvalue weighted by Gasteiger charge is -2.25. The summed E-state index contributed by atoms with van der Waals surface area (Å²) in [5.74, 6) is 0. The van der Waals surface area contributed by atoms with Crippen molar-refractivity contribution in [3.05, 3.63) is 16.6 Å². The van der Waals surface area contributed by atoms with Crippen LogP contribution in [0.2, 0.25) is 0 Å². The van der Waals surface area contributed by atoms with E-state index in [4.69, 9.17) is 0 Å². The van der Waals surface area contributed by atoms with Crippen molar-refractivity contribution in [2.75, 3.05) is 5.33 Å². The zero-order valence-electron chi connectivity index (χ0n) is 7.63. The Bertz CT molecular complexity index is 252. The van der Waals surface area contributed by atoms with Crippen LogP contribution in [-0.4, -0.2) is 10.3 Å². The molecule has 0 bridgehead atoms. The van der Waals surface area contributed by atoms with Gasteiger partial charge in [0.2, 0.25) is 0 Å². The molecule has 0 aromatic carbocycles. The minimum Gasteiger partial charge on any atom is -0.250 e. The number of halogens is 1. The van der Waals surface area contributed by atoms with Gasteiger partial charge in [-0.05, 0) is 24.7 Å². The summed E-state index contributed by atoms with van der Waals surface area (Å²) in [6.07, 6.45) is 6.71. The Hall–Kier alpha value is 0.110. The van der Waals surface area contributed by atoms with Crippen molar-refractivity contribution in [2.24, 2.45) is 5.41 Å². The lowest BCUT2D eigenvalue weighted by atomic mass is 9.84. The van der Waals surface area contributed by atoms with Gasteiger partial charge in [-0.2, -0.15) is 0 Å². The molecule has 1 aromatic rings. The third-order valence-electron chi connectivity index (χ3n) is 2.99. The van der Waals surface area contributed by atoms with Crippen LogP contribution in [-0.2, 0) is 6.42 Å². The highest BCUT2D eigenvalue weighted by Crippen LogP contribution is 2.42. The SMILES string of the molecule is BrCC1(Cc2cscn2)CCCC1. The van der Waals surface area contributed by atoms with Crippen molar-refractivity contribution in [3.8, 4) is 0 Å². The first-order valence-electron chi connectivity index (χ1n) is 4.78. The summed E-state index contributed by atoms with van der Waals surface area (Å²) in [5.41, 5.74) is 3.74. The Balaban J connectivity index is 2.06. The van der Waals surface area contributed by atoms with E-state index in [0.29, 0.717) is 5.41 Å². The number of aromatic nitrogens is 1. The molecule has 1 aliphatic carbocycles. The van der Waals surface area contributed by atoms with E-state index in [1.807, 2.05) is 5.51 Å². The van der Waals surface area contributed by atoms with Gasteiger partial charge in [-0.25, -0.2) is 4.98 Å². The van der Waals surface area contributed by atoms with E-state index in [1.165, 1.54) is 37.8 Å². The third-order valence-corrected chi connectivity index (χ3v) is 4.81. The van der Waals surface area contributed by atoms with Crippen LogP contribution in [0.3, 0.4) is 0 Å². The van der Waals surface area contributed by atoms with Crippen molar-refractivity contribution in [1.29, 1.82) is 0 Å². The Morgan fingerprint density at radius 2 is 2.23 bits per heavy atom. The normalized spacial score (nSPS) is 20.7. The Labute approximate surface area is 91.7 Å². The van der Waals surface area contributed by atoms with Crippen LogP contribution >= 0.6 is 27.3 Å². The zero-order valence-corrected chi connectivity index (χ0v) is 10.0. The van der Waals surface area contributed by atoms with Crippen LogP contribution in [0, 0.1) is 5.41 Å². The molecule has 1 fully saturated rings. The van der Waals surface area contributed by atoms with Gasteiger partial charge in [0.05, 0.1) is 11.2 Å². The molecule has 72 valence electrons. The first-order chi connectivity index (χ1) is 6.35. The molecular weight excluding hydrogens is 246 g/mol. The molecule has 1 aliphatic rings. The highest BCUT2D eigenvalue weighted by atomic mass is 79.9. The van der Waals surface area contributed by atoms with Crippen LogP contribution in [0.15, 0.2) is 10.9 Å². The van der Waals surface area contributed by atoms with Gasteiger partial charge < -0.3 is 0 Å². The lowest BCUT2D eigenvalue weighted by Crippen LogP contribution is -2.21. The molecule has 0 aliphatic heterocycles. The minimum atomic E-state index is 0.522. The molecule has 0 saturated heterocycles. The quantitative estimate of drug-likeness (QED) is 0.756. The van der Waals surface area contributed by atoms with E-state index in [9.17, 15) is 0 Å². The summed E-state index contributed by atoms with van der Waals surface area (Å²) in [4.78, 5) is 4.37. The van der Waals surface area contributed by atoms with Crippen molar-refractivity contribution < 1.29 is 0 Å². The maximum atomic E-state index is 4.37. The molecule has 0 unspecified atom stereocenters. The summed E-state index contributed by atoms with van der Waals surface area (Å²) in [6.45, 7) is 0. The maximum absolute atomic E-state index is 4.37. The highest BCUT2D eigenvalue weighted by Gasteiger charge is 2.33. The minimum absolute atomic E-state index is 0.522. The summed E-state index contributed by atoms with van der Waals surface area (Å²) < 4.78 is 0. The second-order valence-corrected chi connectivity index (χ2v) is 5.28. The standard InChI is InChI=1S/C10H14BrNS/c11-7-10(3-1-2-4-10)5-9-6-13-8-12-9/h6,8H,1-5,7H2. The van der Waals surface area contributed by atoms with Gasteiger partial charge in [0.1, 0.15) is 0 Å². The number of hydrogen-bond acceptors (Lipinski definition) is 2. The molecule has 0 atom stereocenters. The molecule has 0 radical (unpaired) electrons. The van der Waals surface area contributed by atoms with Gasteiger partial charge in [0.15, 0.2) is 0 Å². The van der Waals surface area contributed by atoms with Crippen molar-refractivity contribution >= 4 is 27.3 Å². The van der Waals surface area contributed by atoms with E-state index in [1.54, 1.807) is 11.3 Å². The molecule has 3 heteroatoms. The predicted octanol–water partition coefficient (Wildman–Crippen LogP) is 3.64. The molecule has 0 spiro atoms. The van der Waals surface area contributed by atoms with E-state index in [0.717, 1.165) is 5.33 Å². The van der Waals surface area contributed by atoms with Crippen LogP contribution in [0.4, 0.5) is 0 Å². The van der Waals surface area contributed by atoms with E-state index in [2.05, 4.69) is 26.3 Å². The van der Waals surface area contributed by atoms with Crippen LogP contribution in [0.25, 0.3) is 0 Å².